The van der Waals surface area contributed by atoms with Crippen LogP contribution in [-0.2, 0) is 16.9 Å². The molecule has 0 fully saturated rings. The van der Waals surface area contributed by atoms with E-state index in [4.69, 9.17) is 14.1 Å². The van der Waals surface area contributed by atoms with Crippen molar-refractivity contribution in [3.05, 3.63) is 84.1 Å². The van der Waals surface area contributed by atoms with Gasteiger partial charge in [-0.05, 0) is 76.9 Å². The first-order valence-corrected chi connectivity index (χ1v) is 12.6. The summed E-state index contributed by atoms with van der Waals surface area (Å²) in [5.41, 5.74) is 5.10. The highest BCUT2D eigenvalue weighted by atomic mass is 32.2. The number of aromatic nitrogens is 2. The molecule has 3 aromatic carbocycles. The van der Waals surface area contributed by atoms with Crippen molar-refractivity contribution in [1.82, 2.24) is 10.2 Å². The minimum Gasteiger partial charge on any atom is -0.612 e. The third-order valence-corrected chi connectivity index (χ3v) is 6.97. The molecule has 2 aromatic heterocycles. The number of nitriles is 1. The van der Waals surface area contributed by atoms with Crippen molar-refractivity contribution in [3.8, 4) is 28.7 Å². The Labute approximate surface area is 197 Å². The maximum absolute atomic E-state index is 11.7. The first-order valence-electron chi connectivity index (χ1n) is 10.0. The highest BCUT2D eigenvalue weighted by molar-refractivity contribution is 7.98. The summed E-state index contributed by atoms with van der Waals surface area (Å²) < 4.78 is 23.3. The highest BCUT2D eigenvalue weighted by Crippen LogP contribution is 2.34. The van der Waals surface area contributed by atoms with E-state index in [1.807, 2.05) is 60.7 Å². The molecule has 5 aromatic rings. The highest BCUT2D eigenvalue weighted by Gasteiger charge is 2.14. The predicted octanol–water partition coefficient (Wildman–Crippen LogP) is 6.05. The number of hydrogen-bond donors (Lipinski definition) is 0. The monoisotopic (exact) mass is 471 g/mol. The fraction of sp³-hybridized carbons (Fsp3) is 0.0800. The molecule has 162 valence electrons. The van der Waals surface area contributed by atoms with Gasteiger partial charge in [0.25, 0.3) is 5.22 Å². The van der Waals surface area contributed by atoms with Crippen LogP contribution >= 0.6 is 11.8 Å². The lowest BCUT2D eigenvalue weighted by molar-refractivity contribution is 0.466. The van der Waals surface area contributed by atoms with E-state index in [0.717, 1.165) is 38.1 Å². The summed E-state index contributed by atoms with van der Waals surface area (Å²) in [5.74, 6) is 1.05. The average Bonchev–Trinajstić information content (AvgIpc) is 3.50. The molecule has 0 spiro atoms. The smallest absolute Gasteiger partial charge is 0.277 e. The van der Waals surface area contributed by atoms with E-state index >= 15 is 0 Å². The van der Waals surface area contributed by atoms with Crippen LogP contribution in [0.4, 0.5) is 0 Å². The summed E-state index contributed by atoms with van der Waals surface area (Å²) in [5, 5.41) is 18.8. The van der Waals surface area contributed by atoms with Gasteiger partial charge in [-0.3, -0.25) is 0 Å². The van der Waals surface area contributed by atoms with E-state index in [2.05, 4.69) is 16.3 Å². The van der Waals surface area contributed by atoms with Crippen LogP contribution in [0.25, 0.3) is 33.6 Å². The van der Waals surface area contributed by atoms with E-state index < -0.39 is 11.2 Å². The van der Waals surface area contributed by atoms with Crippen LogP contribution in [0.15, 0.2) is 91.9 Å². The molecule has 1 unspecified atom stereocenters. The van der Waals surface area contributed by atoms with E-state index in [1.54, 1.807) is 18.6 Å². The van der Waals surface area contributed by atoms with Crippen molar-refractivity contribution in [1.29, 1.82) is 5.26 Å². The molecular weight excluding hydrogens is 454 g/mol. The number of benzene rings is 3. The van der Waals surface area contributed by atoms with Gasteiger partial charge < -0.3 is 13.4 Å². The van der Waals surface area contributed by atoms with Gasteiger partial charge in [-0.1, -0.05) is 23.9 Å². The Balaban J connectivity index is 1.38. The molecule has 0 saturated carbocycles. The van der Waals surface area contributed by atoms with E-state index in [-0.39, 0.29) is 0 Å². The van der Waals surface area contributed by atoms with Crippen molar-refractivity contribution < 1.29 is 13.4 Å². The van der Waals surface area contributed by atoms with Crippen LogP contribution in [0.1, 0.15) is 11.1 Å². The quantitative estimate of drug-likeness (QED) is 0.219. The van der Waals surface area contributed by atoms with Crippen molar-refractivity contribution in [2.24, 2.45) is 0 Å². The van der Waals surface area contributed by atoms with E-state index in [0.29, 0.717) is 22.4 Å². The molecule has 0 radical (unpaired) electrons. The van der Waals surface area contributed by atoms with Gasteiger partial charge in [0, 0.05) is 22.3 Å². The normalized spacial score (nSPS) is 12.0. The lowest BCUT2D eigenvalue weighted by atomic mass is 10.0. The Morgan fingerprint density at radius 2 is 1.85 bits per heavy atom. The van der Waals surface area contributed by atoms with E-state index in [1.165, 1.54) is 11.8 Å². The maximum atomic E-state index is 11.7. The first kappa shape index (κ1) is 21.3. The molecule has 0 amide bonds. The van der Waals surface area contributed by atoms with Gasteiger partial charge in [0.2, 0.25) is 5.89 Å². The van der Waals surface area contributed by atoms with E-state index in [9.17, 15) is 4.55 Å². The van der Waals surface area contributed by atoms with Gasteiger partial charge in [0.05, 0.1) is 17.9 Å². The van der Waals surface area contributed by atoms with Crippen LogP contribution in [0.5, 0.6) is 0 Å². The fourth-order valence-corrected chi connectivity index (χ4v) is 4.70. The number of thioether (sulfide) groups is 1. The Bertz CT molecular complexity index is 1470. The van der Waals surface area contributed by atoms with Crippen LogP contribution in [0.2, 0.25) is 0 Å². The Morgan fingerprint density at radius 3 is 2.64 bits per heavy atom. The summed E-state index contributed by atoms with van der Waals surface area (Å²) in [7, 11) is 0. The molecule has 1 atom stereocenters. The molecule has 0 N–H and O–H groups in total. The van der Waals surface area contributed by atoms with Crippen molar-refractivity contribution in [2.75, 3.05) is 6.26 Å². The lowest BCUT2D eigenvalue weighted by Gasteiger charge is -2.05. The number of rotatable bonds is 6. The molecule has 0 aliphatic rings. The van der Waals surface area contributed by atoms with Gasteiger partial charge in [0.1, 0.15) is 11.8 Å². The molecule has 6 nitrogen and oxygen atoms in total. The zero-order valence-electron chi connectivity index (χ0n) is 17.5. The maximum Gasteiger partial charge on any atom is 0.277 e. The number of fused-ring (bicyclic) bond motifs is 1. The molecule has 0 aliphatic carbocycles. The zero-order valence-corrected chi connectivity index (χ0v) is 19.2. The fourth-order valence-electron chi connectivity index (χ4n) is 3.47. The average molecular weight is 472 g/mol. The largest absolute Gasteiger partial charge is 0.612 e. The van der Waals surface area contributed by atoms with Crippen molar-refractivity contribution in [2.45, 2.75) is 15.9 Å². The first-order chi connectivity index (χ1) is 16.1. The molecule has 2 heterocycles. The van der Waals surface area contributed by atoms with Crippen molar-refractivity contribution in [3.63, 3.8) is 0 Å². The van der Waals surface area contributed by atoms with Gasteiger partial charge in [-0.15, -0.1) is 10.2 Å². The minimum atomic E-state index is -1.02. The number of hydrogen-bond acceptors (Lipinski definition) is 7. The molecular formula is C25H17N3O3S2. The van der Waals surface area contributed by atoms with Crippen molar-refractivity contribution >= 4 is 33.9 Å². The second-order valence-corrected chi connectivity index (χ2v) is 9.62. The van der Waals surface area contributed by atoms with Crippen LogP contribution in [-0.4, -0.2) is 21.0 Å². The summed E-state index contributed by atoms with van der Waals surface area (Å²) in [6.45, 7) is 0. The summed E-state index contributed by atoms with van der Waals surface area (Å²) in [6, 6.07) is 22.9. The third kappa shape index (κ3) is 4.52. The predicted molar refractivity (Wildman–Crippen MR) is 128 cm³/mol. The SMILES string of the molecule is C[S+]([O-])c1ccc(-c2coc3ccc(-c4nnc(SCc5cccc(C#N)c5)o4)cc23)cc1. The third-order valence-electron chi connectivity index (χ3n) is 5.14. The summed E-state index contributed by atoms with van der Waals surface area (Å²) in [4.78, 5) is 0.780. The number of furan rings is 1. The van der Waals surface area contributed by atoms with Gasteiger partial charge in [0.15, 0.2) is 4.90 Å². The molecule has 0 bridgehead atoms. The zero-order chi connectivity index (χ0) is 22.8. The molecule has 0 aliphatic heterocycles. The lowest BCUT2D eigenvalue weighted by Crippen LogP contribution is -1.96. The van der Waals surface area contributed by atoms with Gasteiger partial charge in [-0.25, -0.2) is 0 Å². The summed E-state index contributed by atoms with van der Waals surface area (Å²) in [6.07, 6.45) is 3.38. The van der Waals surface area contributed by atoms with Crippen LogP contribution < -0.4 is 0 Å². The standard InChI is InChI=1S/C25H17N3O3S2/c1-33(29)20-8-5-18(6-9-20)22-14-30-23-10-7-19(12-21(22)23)24-27-28-25(31-24)32-15-17-4-2-3-16(11-17)13-26/h2-12,14H,15H2,1H3. The Hall–Kier alpha value is -3.51. The number of nitrogens with zero attached hydrogens (tertiary/aromatic N) is 3. The van der Waals surface area contributed by atoms with Crippen LogP contribution in [0, 0.1) is 11.3 Å². The van der Waals surface area contributed by atoms with Gasteiger partial charge >= 0.3 is 0 Å². The molecule has 33 heavy (non-hydrogen) atoms. The Morgan fingerprint density at radius 1 is 1.03 bits per heavy atom. The molecule has 8 heteroatoms. The molecule has 5 rings (SSSR count). The van der Waals surface area contributed by atoms with Gasteiger partial charge in [-0.2, -0.15) is 5.26 Å². The summed E-state index contributed by atoms with van der Waals surface area (Å²) >= 11 is 0.403. The second-order valence-electron chi connectivity index (χ2n) is 7.31. The minimum absolute atomic E-state index is 0.425. The molecule has 0 saturated heterocycles. The Kier molecular flexibility index (Phi) is 5.92. The van der Waals surface area contributed by atoms with Crippen LogP contribution in [0.3, 0.4) is 0 Å². The second kappa shape index (κ2) is 9.16. The topological polar surface area (TPSA) is 98.9 Å².